The van der Waals surface area contributed by atoms with Gasteiger partial charge in [0.2, 0.25) is 11.8 Å². The first-order valence-electron chi connectivity index (χ1n) is 12.0. The van der Waals surface area contributed by atoms with Gasteiger partial charge in [0.15, 0.2) is 0 Å². The van der Waals surface area contributed by atoms with Gasteiger partial charge in [-0.3, -0.25) is 9.78 Å². The molecule has 38 heavy (non-hydrogen) atoms. The number of benzene rings is 1. The summed E-state index contributed by atoms with van der Waals surface area (Å²) in [6, 6.07) is 11.2. The second-order valence-corrected chi connectivity index (χ2v) is 10.1. The summed E-state index contributed by atoms with van der Waals surface area (Å²) in [5.74, 6) is 1.21. The number of hydrogen-bond donors (Lipinski definition) is 2. The molecule has 0 fully saturated rings. The van der Waals surface area contributed by atoms with E-state index < -0.39 is 5.91 Å². The first kappa shape index (κ1) is 25.7. The zero-order chi connectivity index (χ0) is 26.6. The van der Waals surface area contributed by atoms with Gasteiger partial charge in [-0.2, -0.15) is 9.97 Å². The monoisotopic (exact) mass is 550 g/mol. The molecule has 11 heteroatoms. The summed E-state index contributed by atoms with van der Waals surface area (Å²) in [5, 5.41) is 8.84. The van der Waals surface area contributed by atoms with Crippen LogP contribution in [-0.2, 0) is 19.5 Å². The number of halogens is 1. The van der Waals surface area contributed by atoms with Gasteiger partial charge in [0.1, 0.15) is 17.1 Å². The average molecular weight is 551 g/mol. The van der Waals surface area contributed by atoms with Crippen LogP contribution < -0.4 is 25.0 Å². The lowest BCUT2D eigenvalue weighted by atomic mass is 10.1. The number of fused-ring (bicyclic) bond motifs is 1. The van der Waals surface area contributed by atoms with Crippen molar-refractivity contribution in [2.45, 2.75) is 26.4 Å². The summed E-state index contributed by atoms with van der Waals surface area (Å²) < 4.78 is 10.9. The number of anilines is 3. The van der Waals surface area contributed by atoms with Crippen LogP contribution in [0.2, 0.25) is 5.02 Å². The third-order valence-electron chi connectivity index (χ3n) is 6.31. The van der Waals surface area contributed by atoms with Crippen LogP contribution in [0, 0.1) is 6.92 Å². The Bertz CT molecular complexity index is 1480. The molecule has 4 aromatic rings. The molecule has 196 valence electrons. The fourth-order valence-electron chi connectivity index (χ4n) is 4.28. The maximum absolute atomic E-state index is 13.5. The number of nitrogens with one attached hydrogen (secondary N) is 2. The molecule has 0 radical (unpaired) electrons. The molecule has 0 aliphatic carbocycles. The van der Waals surface area contributed by atoms with Crippen molar-refractivity contribution in [1.82, 2.24) is 15.0 Å². The van der Waals surface area contributed by atoms with Crippen LogP contribution in [0.4, 0.5) is 17.5 Å². The van der Waals surface area contributed by atoms with Crippen molar-refractivity contribution in [3.63, 3.8) is 0 Å². The highest BCUT2D eigenvalue weighted by Crippen LogP contribution is 2.32. The molecule has 1 aromatic carbocycles. The maximum atomic E-state index is 13.5. The van der Waals surface area contributed by atoms with Crippen molar-refractivity contribution in [3.8, 4) is 11.6 Å². The first-order chi connectivity index (χ1) is 18.5. The topological polar surface area (TPSA) is 102 Å². The molecule has 2 N–H and O–H groups in total. The summed E-state index contributed by atoms with van der Waals surface area (Å²) in [5.41, 5.74) is 3.65. The Hall–Kier alpha value is -3.89. The Balaban J connectivity index is 1.50. The van der Waals surface area contributed by atoms with Gasteiger partial charge in [0, 0.05) is 30.7 Å². The van der Waals surface area contributed by atoms with E-state index in [1.54, 1.807) is 42.8 Å². The van der Waals surface area contributed by atoms with Crippen molar-refractivity contribution in [2.24, 2.45) is 0 Å². The van der Waals surface area contributed by atoms with E-state index in [-0.39, 0.29) is 11.4 Å². The normalized spacial score (nSPS) is 12.6. The molecule has 0 atom stereocenters. The van der Waals surface area contributed by atoms with Gasteiger partial charge < -0.3 is 25.0 Å². The van der Waals surface area contributed by atoms with Gasteiger partial charge in [-0.05, 0) is 60.2 Å². The van der Waals surface area contributed by atoms with E-state index in [4.69, 9.17) is 26.1 Å². The molecule has 1 aliphatic rings. The van der Waals surface area contributed by atoms with Crippen LogP contribution in [0.3, 0.4) is 0 Å². The second-order valence-electron chi connectivity index (χ2n) is 8.71. The van der Waals surface area contributed by atoms with Crippen LogP contribution in [0.1, 0.15) is 32.1 Å². The van der Waals surface area contributed by atoms with Gasteiger partial charge in [-0.25, -0.2) is 0 Å². The number of amides is 1. The molecule has 5 rings (SSSR count). The van der Waals surface area contributed by atoms with Gasteiger partial charge in [-0.1, -0.05) is 17.7 Å². The summed E-state index contributed by atoms with van der Waals surface area (Å²) >= 11 is 8.10. The number of aromatic nitrogens is 3. The number of thiophene rings is 1. The number of carbonyl (C=O) groups is 1. The fourth-order valence-corrected chi connectivity index (χ4v) is 5.45. The minimum Gasteiger partial charge on any atom is -0.495 e. The predicted octanol–water partition coefficient (Wildman–Crippen LogP) is 5.34. The van der Waals surface area contributed by atoms with E-state index >= 15 is 0 Å². The molecule has 4 heterocycles. The van der Waals surface area contributed by atoms with E-state index in [1.807, 2.05) is 19.1 Å². The number of rotatable bonds is 8. The van der Waals surface area contributed by atoms with Crippen LogP contribution in [0.5, 0.6) is 11.6 Å². The lowest BCUT2D eigenvalue weighted by Gasteiger charge is -2.28. The Kier molecular flexibility index (Phi) is 7.62. The van der Waals surface area contributed by atoms with E-state index in [9.17, 15) is 4.79 Å². The van der Waals surface area contributed by atoms with Crippen LogP contribution in [0.25, 0.3) is 0 Å². The predicted molar refractivity (Wildman–Crippen MR) is 150 cm³/mol. The molecule has 3 aromatic heterocycles. The largest absolute Gasteiger partial charge is 0.495 e. The van der Waals surface area contributed by atoms with Gasteiger partial charge in [0.05, 0.1) is 30.6 Å². The van der Waals surface area contributed by atoms with Crippen molar-refractivity contribution in [2.75, 3.05) is 36.3 Å². The van der Waals surface area contributed by atoms with Crippen LogP contribution >= 0.6 is 22.9 Å². The first-order valence-corrected chi connectivity index (χ1v) is 13.3. The second kappa shape index (κ2) is 11.2. The van der Waals surface area contributed by atoms with Crippen molar-refractivity contribution < 1.29 is 14.3 Å². The van der Waals surface area contributed by atoms with Crippen molar-refractivity contribution in [1.29, 1.82) is 0 Å². The van der Waals surface area contributed by atoms with Gasteiger partial charge in [0.25, 0.3) is 5.91 Å². The van der Waals surface area contributed by atoms with Crippen molar-refractivity contribution in [3.05, 3.63) is 80.3 Å². The van der Waals surface area contributed by atoms with Gasteiger partial charge in [-0.15, -0.1) is 11.3 Å². The molecule has 1 amide bonds. The minimum atomic E-state index is -0.404. The SMILES string of the molecule is COc1ccc(CNc2nc(N3CCc4sccc4C3)nc(OC)c2C(=O)Nc2cccnc2C)cc1Cl. The number of aryl methyl sites for hydroxylation is 1. The summed E-state index contributed by atoms with van der Waals surface area (Å²) in [6.07, 6.45) is 2.59. The summed E-state index contributed by atoms with van der Waals surface area (Å²) in [7, 11) is 3.07. The van der Waals surface area contributed by atoms with Crippen molar-refractivity contribution >= 4 is 46.3 Å². The lowest BCUT2D eigenvalue weighted by Crippen LogP contribution is -2.31. The highest BCUT2D eigenvalue weighted by Gasteiger charge is 2.26. The summed E-state index contributed by atoms with van der Waals surface area (Å²) in [6.45, 7) is 3.65. The number of carbonyl (C=O) groups excluding carboxylic acids is 1. The molecular formula is C27H27ClN6O3S. The zero-order valence-corrected chi connectivity index (χ0v) is 22.8. The third-order valence-corrected chi connectivity index (χ3v) is 7.62. The molecule has 0 saturated carbocycles. The highest BCUT2D eigenvalue weighted by molar-refractivity contribution is 7.10. The Morgan fingerprint density at radius 1 is 1.18 bits per heavy atom. The smallest absolute Gasteiger partial charge is 0.265 e. The molecular weight excluding hydrogens is 524 g/mol. The number of methoxy groups -OCH3 is 2. The number of nitrogens with zero attached hydrogens (tertiary/aromatic N) is 4. The number of pyridine rings is 1. The number of hydrogen-bond acceptors (Lipinski definition) is 9. The van der Waals surface area contributed by atoms with Crippen LogP contribution in [0.15, 0.2) is 48.0 Å². The minimum absolute atomic E-state index is 0.181. The molecule has 9 nitrogen and oxygen atoms in total. The fraction of sp³-hybridized carbons (Fsp3) is 0.259. The molecule has 0 spiro atoms. The van der Waals surface area contributed by atoms with Crippen LogP contribution in [-0.4, -0.2) is 41.6 Å². The lowest BCUT2D eigenvalue weighted by molar-refractivity contribution is 0.102. The molecule has 1 aliphatic heterocycles. The Morgan fingerprint density at radius 2 is 2.05 bits per heavy atom. The quantitative estimate of drug-likeness (QED) is 0.303. The average Bonchev–Trinajstić information content (AvgIpc) is 3.40. The van der Waals surface area contributed by atoms with E-state index in [0.717, 1.165) is 18.5 Å². The van der Waals surface area contributed by atoms with E-state index in [1.165, 1.54) is 17.6 Å². The highest BCUT2D eigenvalue weighted by atomic mass is 35.5. The molecule has 0 bridgehead atoms. The zero-order valence-electron chi connectivity index (χ0n) is 21.2. The molecule has 0 unspecified atom stereocenters. The summed E-state index contributed by atoms with van der Waals surface area (Å²) in [4.78, 5) is 30.7. The van der Waals surface area contributed by atoms with Gasteiger partial charge >= 0.3 is 0 Å². The maximum Gasteiger partial charge on any atom is 0.265 e. The van der Waals surface area contributed by atoms with E-state index in [0.29, 0.717) is 47.0 Å². The Morgan fingerprint density at radius 3 is 2.82 bits per heavy atom. The molecule has 0 saturated heterocycles. The standard InChI is InChI=1S/C27H27ClN6O3S/c1-16-20(5-4-10-29-16)31-25(35)23-24(30-14-17-6-7-21(36-2)19(28)13-17)32-27(33-26(23)37-3)34-11-8-22-18(15-34)9-12-38-22/h4-7,9-10,12-13H,8,11,14-15H2,1-3H3,(H,31,35)(H,30,32,33). The van der Waals surface area contributed by atoms with E-state index in [2.05, 4.69) is 36.9 Å². The Labute approximate surface area is 229 Å². The number of ether oxygens (including phenoxy) is 2. The third kappa shape index (κ3) is 5.36.